The first-order valence-corrected chi connectivity index (χ1v) is 7.72. The van der Waals surface area contributed by atoms with E-state index in [4.69, 9.17) is 16.7 Å². The van der Waals surface area contributed by atoms with Crippen LogP contribution in [0.2, 0.25) is 5.02 Å². The summed E-state index contributed by atoms with van der Waals surface area (Å²) in [7, 11) is 0. The van der Waals surface area contributed by atoms with E-state index < -0.39 is 0 Å². The predicted octanol–water partition coefficient (Wildman–Crippen LogP) is 4.06. The van der Waals surface area contributed by atoms with E-state index in [1.807, 2.05) is 18.2 Å². The molecule has 2 aromatic rings. The molecule has 0 unspecified atom stereocenters. The van der Waals surface area contributed by atoms with Crippen LogP contribution in [0.4, 0.5) is 5.69 Å². The van der Waals surface area contributed by atoms with Crippen LogP contribution in [0.3, 0.4) is 0 Å². The lowest BCUT2D eigenvalue weighted by atomic mass is 10.2. The highest BCUT2D eigenvalue weighted by Crippen LogP contribution is 2.37. The number of thiophene rings is 1. The Labute approximate surface area is 122 Å². The minimum absolute atomic E-state index is 0.0361. The van der Waals surface area contributed by atoms with Crippen molar-refractivity contribution in [3.8, 4) is 0 Å². The van der Waals surface area contributed by atoms with Crippen molar-refractivity contribution < 1.29 is 5.11 Å². The largest absolute Gasteiger partial charge is 0.392 e. The summed E-state index contributed by atoms with van der Waals surface area (Å²) in [6.45, 7) is 0.953. The number of hydrogen-bond donors (Lipinski definition) is 1. The molecule has 4 heteroatoms. The third-order valence-electron chi connectivity index (χ3n) is 3.40. The van der Waals surface area contributed by atoms with Crippen LogP contribution in [0.5, 0.6) is 0 Å². The maximum absolute atomic E-state index is 9.15. The Morgan fingerprint density at radius 2 is 2.16 bits per heavy atom. The molecule has 1 aromatic carbocycles. The van der Waals surface area contributed by atoms with E-state index in [1.54, 1.807) is 11.3 Å². The topological polar surface area (TPSA) is 23.5 Å². The quantitative estimate of drug-likeness (QED) is 0.898. The van der Waals surface area contributed by atoms with Crippen LogP contribution in [-0.2, 0) is 13.2 Å². The normalized spacial score (nSPS) is 14.6. The molecule has 0 amide bonds. The lowest BCUT2D eigenvalue weighted by Crippen LogP contribution is -2.24. The van der Waals surface area contributed by atoms with Crippen LogP contribution in [0.1, 0.15) is 23.3 Å². The van der Waals surface area contributed by atoms with Crippen LogP contribution in [0.25, 0.3) is 0 Å². The van der Waals surface area contributed by atoms with Gasteiger partial charge in [0, 0.05) is 10.9 Å². The van der Waals surface area contributed by atoms with E-state index >= 15 is 0 Å². The number of aliphatic hydroxyl groups is 1. The molecule has 0 saturated heterocycles. The fraction of sp³-hybridized carbons (Fsp3) is 0.333. The first-order valence-electron chi connectivity index (χ1n) is 6.46. The molecule has 19 heavy (non-hydrogen) atoms. The first kappa shape index (κ1) is 13.0. The zero-order valence-electron chi connectivity index (χ0n) is 10.6. The second kappa shape index (κ2) is 5.53. The number of halogens is 1. The van der Waals surface area contributed by atoms with Crippen molar-refractivity contribution in [3.05, 3.63) is 51.2 Å². The van der Waals surface area contributed by atoms with Gasteiger partial charge in [-0.2, -0.15) is 0 Å². The summed E-state index contributed by atoms with van der Waals surface area (Å²) >= 11 is 8.15. The van der Waals surface area contributed by atoms with Gasteiger partial charge in [0.1, 0.15) is 0 Å². The first-order chi connectivity index (χ1) is 9.28. The van der Waals surface area contributed by atoms with Crippen molar-refractivity contribution in [3.63, 3.8) is 0 Å². The molecule has 1 saturated carbocycles. The van der Waals surface area contributed by atoms with Gasteiger partial charge in [0.25, 0.3) is 0 Å². The van der Waals surface area contributed by atoms with Gasteiger partial charge in [-0.25, -0.2) is 0 Å². The highest BCUT2D eigenvalue weighted by atomic mass is 35.5. The summed E-state index contributed by atoms with van der Waals surface area (Å²) in [6.07, 6.45) is 2.48. The lowest BCUT2D eigenvalue weighted by molar-refractivity contribution is 0.282. The van der Waals surface area contributed by atoms with Gasteiger partial charge in [0.2, 0.25) is 0 Å². The van der Waals surface area contributed by atoms with Crippen LogP contribution < -0.4 is 4.90 Å². The van der Waals surface area contributed by atoms with Gasteiger partial charge in [-0.15, -0.1) is 11.3 Å². The molecular formula is C15H16ClNOS. The standard InChI is InChI=1S/C15H16ClNOS/c16-14-8-11(10-18)3-6-15(14)17(12-4-5-12)9-13-2-1-7-19-13/h1-3,6-8,12,18H,4-5,9-10H2. The Morgan fingerprint density at radius 3 is 2.74 bits per heavy atom. The molecule has 0 radical (unpaired) electrons. The van der Waals surface area contributed by atoms with Crippen LogP contribution in [0.15, 0.2) is 35.7 Å². The number of hydrogen-bond acceptors (Lipinski definition) is 3. The molecule has 2 nitrogen and oxygen atoms in total. The summed E-state index contributed by atoms with van der Waals surface area (Å²) in [4.78, 5) is 3.74. The van der Waals surface area contributed by atoms with Gasteiger partial charge in [0.15, 0.2) is 0 Å². The molecule has 0 spiro atoms. The molecule has 0 aliphatic heterocycles. The zero-order valence-corrected chi connectivity index (χ0v) is 12.1. The predicted molar refractivity (Wildman–Crippen MR) is 80.9 cm³/mol. The molecule has 3 rings (SSSR count). The molecule has 1 heterocycles. The molecule has 1 aliphatic rings. The molecule has 1 N–H and O–H groups in total. The SMILES string of the molecule is OCc1ccc(N(Cc2cccs2)C2CC2)c(Cl)c1. The van der Waals surface area contributed by atoms with Gasteiger partial charge in [-0.3, -0.25) is 0 Å². The Bertz CT molecular complexity index is 551. The maximum atomic E-state index is 9.15. The Hall–Kier alpha value is -1.03. The highest BCUT2D eigenvalue weighted by molar-refractivity contribution is 7.09. The maximum Gasteiger partial charge on any atom is 0.0682 e. The zero-order chi connectivity index (χ0) is 13.2. The van der Waals surface area contributed by atoms with Crippen molar-refractivity contribution in [2.24, 2.45) is 0 Å². The molecular weight excluding hydrogens is 278 g/mol. The second-order valence-electron chi connectivity index (χ2n) is 4.88. The Balaban J connectivity index is 1.87. The van der Waals surface area contributed by atoms with Crippen molar-refractivity contribution in [1.82, 2.24) is 0 Å². The molecule has 100 valence electrons. The number of nitrogens with zero attached hydrogens (tertiary/aromatic N) is 1. The highest BCUT2D eigenvalue weighted by Gasteiger charge is 2.30. The van der Waals surface area contributed by atoms with Crippen molar-refractivity contribution in [2.75, 3.05) is 4.90 Å². The van der Waals surface area contributed by atoms with Gasteiger partial charge in [-0.1, -0.05) is 23.7 Å². The molecule has 1 aromatic heterocycles. The summed E-state index contributed by atoms with van der Waals surface area (Å²) in [6, 6.07) is 10.7. The van der Waals surface area contributed by atoms with E-state index in [0.29, 0.717) is 6.04 Å². The van der Waals surface area contributed by atoms with Gasteiger partial charge < -0.3 is 10.0 Å². The number of rotatable bonds is 5. The minimum Gasteiger partial charge on any atom is -0.392 e. The average molecular weight is 294 g/mol. The van der Waals surface area contributed by atoms with Crippen LogP contribution in [0, 0.1) is 0 Å². The fourth-order valence-electron chi connectivity index (χ4n) is 2.25. The summed E-state index contributed by atoms with van der Waals surface area (Å²) in [5.74, 6) is 0. The smallest absolute Gasteiger partial charge is 0.0682 e. The molecule has 1 aliphatic carbocycles. The van der Waals surface area contributed by atoms with E-state index in [-0.39, 0.29) is 6.61 Å². The van der Waals surface area contributed by atoms with E-state index in [0.717, 1.165) is 22.8 Å². The monoisotopic (exact) mass is 293 g/mol. The van der Waals surface area contributed by atoms with Crippen molar-refractivity contribution >= 4 is 28.6 Å². The summed E-state index contributed by atoms with van der Waals surface area (Å²) < 4.78 is 0. The fourth-order valence-corrected chi connectivity index (χ4v) is 3.26. The van der Waals surface area contributed by atoms with Gasteiger partial charge in [0.05, 0.1) is 23.9 Å². The third kappa shape index (κ3) is 2.94. The Morgan fingerprint density at radius 1 is 1.32 bits per heavy atom. The van der Waals surface area contributed by atoms with E-state index in [9.17, 15) is 0 Å². The molecule has 0 atom stereocenters. The van der Waals surface area contributed by atoms with Crippen LogP contribution in [-0.4, -0.2) is 11.1 Å². The summed E-state index contributed by atoms with van der Waals surface area (Å²) in [5, 5.41) is 12.0. The number of anilines is 1. The van der Waals surface area contributed by atoms with Gasteiger partial charge >= 0.3 is 0 Å². The van der Waals surface area contributed by atoms with Crippen molar-refractivity contribution in [1.29, 1.82) is 0 Å². The number of aliphatic hydroxyl groups excluding tert-OH is 1. The van der Waals surface area contributed by atoms with Crippen molar-refractivity contribution in [2.45, 2.75) is 32.0 Å². The molecule has 1 fully saturated rings. The van der Waals surface area contributed by atoms with Crippen LogP contribution >= 0.6 is 22.9 Å². The van der Waals surface area contributed by atoms with Gasteiger partial charge in [-0.05, 0) is 42.0 Å². The van der Waals surface area contributed by atoms with E-state index in [1.165, 1.54) is 17.7 Å². The number of benzene rings is 1. The second-order valence-corrected chi connectivity index (χ2v) is 6.32. The summed E-state index contributed by atoms with van der Waals surface area (Å²) in [5.41, 5.74) is 1.94. The Kier molecular flexibility index (Phi) is 3.78. The van der Waals surface area contributed by atoms with E-state index in [2.05, 4.69) is 22.4 Å². The average Bonchev–Trinajstić information content (AvgIpc) is 3.14. The molecule has 0 bridgehead atoms. The minimum atomic E-state index is 0.0361. The third-order valence-corrected chi connectivity index (χ3v) is 4.56. The lowest BCUT2D eigenvalue weighted by Gasteiger charge is -2.25.